The Balaban J connectivity index is 1.73. The Morgan fingerprint density at radius 2 is 1.96 bits per heavy atom. The van der Waals surface area contributed by atoms with Crippen LogP contribution in [-0.4, -0.2) is 29.1 Å². The molecule has 27 heavy (non-hydrogen) atoms. The number of fused-ring (bicyclic) bond motifs is 1. The molecule has 1 atom stereocenters. The van der Waals surface area contributed by atoms with Gasteiger partial charge in [-0.25, -0.2) is 4.98 Å². The van der Waals surface area contributed by atoms with Gasteiger partial charge in [0.1, 0.15) is 11.6 Å². The van der Waals surface area contributed by atoms with Gasteiger partial charge >= 0.3 is 0 Å². The molecule has 0 radical (unpaired) electrons. The molecule has 5 nitrogen and oxygen atoms in total. The van der Waals surface area contributed by atoms with Crippen molar-refractivity contribution in [3.05, 3.63) is 66.5 Å². The van der Waals surface area contributed by atoms with Gasteiger partial charge in [0.05, 0.1) is 23.8 Å². The predicted octanol–water partition coefficient (Wildman–Crippen LogP) is 4.14. The fraction of sp³-hybridized carbons (Fsp3) is 0.273. The van der Waals surface area contributed by atoms with E-state index in [0.717, 1.165) is 28.1 Å². The zero-order valence-electron chi connectivity index (χ0n) is 15.7. The lowest BCUT2D eigenvalue weighted by Crippen LogP contribution is -2.25. The molecule has 1 aromatic heterocycles. The first kappa shape index (κ1) is 17.3. The molecule has 0 spiro atoms. The molecule has 138 valence electrons. The first-order valence-electron chi connectivity index (χ1n) is 9.11. The van der Waals surface area contributed by atoms with E-state index in [1.54, 1.807) is 7.11 Å². The maximum absolute atomic E-state index is 12.8. The minimum Gasteiger partial charge on any atom is -0.495 e. The third kappa shape index (κ3) is 3.10. The van der Waals surface area contributed by atoms with Crippen LogP contribution in [0.2, 0.25) is 0 Å². The van der Waals surface area contributed by atoms with Crippen LogP contribution in [0.3, 0.4) is 0 Å². The van der Waals surface area contributed by atoms with Gasteiger partial charge in [-0.05, 0) is 31.2 Å². The van der Waals surface area contributed by atoms with E-state index in [1.807, 2.05) is 54.3 Å². The van der Waals surface area contributed by atoms with E-state index < -0.39 is 0 Å². The summed E-state index contributed by atoms with van der Waals surface area (Å²) in [5, 5.41) is 0. The molecular weight excluding hydrogens is 338 g/mol. The Labute approximate surface area is 158 Å². The average Bonchev–Trinajstić information content (AvgIpc) is 3.22. The molecule has 5 heteroatoms. The van der Waals surface area contributed by atoms with Gasteiger partial charge in [-0.3, -0.25) is 4.79 Å². The molecule has 1 saturated heterocycles. The molecule has 1 aliphatic heterocycles. The van der Waals surface area contributed by atoms with Crippen molar-refractivity contribution in [3.8, 4) is 5.75 Å². The Bertz CT molecular complexity index is 1020. The van der Waals surface area contributed by atoms with E-state index >= 15 is 0 Å². The van der Waals surface area contributed by atoms with Gasteiger partial charge in [0.15, 0.2) is 0 Å². The highest BCUT2D eigenvalue weighted by molar-refractivity contribution is 5.97. The van der Waals surface area contributed by atoms with Crippen molar-refractivity contribution in [1.29, 1.82) is 0 Å². The van der Waals surface area contributed by atoms with Gasteiger partial charge in [-0.1, -0.05) is 36.4 Å². The number of methoxy groups -OCH3 is 1. The Morgan fingerprint density at radius 3 is 2.74 bits per heavy atom. The molecule has 2 heterocycles. The number of para-hydroxylation sites is 4. The number of aromatic nitrogens is 2. The molecule has 2 aromatic carbocycles. The second kappa shape index (κ2) is 6.91. The van der Waals surface area contributed by atoms with Crippen LogP contribution in [-0.2, 0) is 11.3 Å². The molecule has 0 bridgehead atoms. The van der Waals surface area contributed by atoms with Crippen molar-refractivity contribution < 1.29 is 9.53 Å². The molecule has 1 fully saturated rings. The van der Waals surface area contributed by atoms with Crippen molar-refractivity contribution in [2.75, 3.05) is 18.6 Å². The van der Waals surface area contributed by atoms with E-state index in [9.17, 15) is 4.79 Å². The molecule has 4 rings (SSSR count). The summed E-state index contributed by atoms with van der Waals surface area (Å²) in [5.74, 6) is 1.79. The SMILES string of the molecule is C=C(C)Cn1c([C@@H]2CC(=O)N(c3ccccc3OC)C2)nc2ccccc21. The minimum atomic E-state index is 0.0363. The summed E-state index contributed by atoms with van der Waals surface area (Å²) in [4.78, 5) is 19.5. The fourth-order valence-corrected chi connectivity index (χ4v) is 3.81. The van der Waals surface area contributed by atoms with Crippen molar-refractivity contribution in [2.45, 2.75) is 25.8 Å². The van der Waals surface area contributed by atoms with Crippen LogP contribution in [0.4, 0.5) is 5.69 Å². The number of carbonyl (C=O) groups excluding carboxylic acids is 1. The summed E-state index contributed by atoms with van der Waals surface area (Å²) in [7, 11) is 1.63. The summed E-state index contributed by atoms with van der Waals surface area (Å²) in [6.45, 7) is 7.38. The van der Waals surface area contributed by atoms with Gasteiger partial charge in [-0.2, -0.15) is 0 Å². The number of hydrogen-bond donors (Lipinski definition) is 0. The largest absolute Gasteiger partial charge is 0.495 e. The topological polar surface area (TPSA) is 47.4 Å². The monoisotopic (exact) mass is 361 g/mol. The lowest BCUT2D eigenvalue weighted by Gasteiger charge is -2.19. The number of benzene rings is 2. The summed E-state index contributed by atoms with van der Waals surface area (Å²) >= 11 is 0. The second-order valence-electron chi connectivity index (χ2n) is 7.08. The zero-order chi connectivity index (χ0) is 19.0. The highest BCUT2D eigenvalue weighted by Gasteiger charge is 2.35. The van der Waals surface area contributed by atoms with Crippen LogP contribution in [0.1, 0.15) is 25.1 Å². The number of anilines is 1. The molecule has 3 aromatic rings. The summed E-state index contributed by atoms with van der Waals surface area (Å²) in [5.41, 5.74) is 3.91. The molecule has 1 aliphatic rings. The molecule has 1 amide bonds. The highest BCUT2D eigenvalue weighted by atomic mass is 16.5. The first-order chi connectivity index (χ1) is 13.1. The van der Waals surface area contributed by atoms with E-state index in [2.05, 4.69) is 17.2 Å². The number of ether oxygens (including phenoxy) is 1. The van der Waals surface area contributed by atoms with E-state index in [-0.39, 0.29) is 11.8 Å². The number of allylic oxidation sites excluding steroid dienone is 1. The van der Waals surface area contributed by atoms with Gasteiger partial charge in [0, 0.05) is 25.4 Å². The van der Waals surface area contributed by atoms with Gasteiger partial charge in [-0.15, -0.1) is 0 Å². The molecular formula is C22H23N3O2. The molecule has 0 N–H and O–H groups in total. The number of rotatable bonds is 5. The maximum Gasteiger partial charge on any atom is 0.227 e. The van der Waals surface area contributed by atoms with Gasteiger partial charge in [0.25, 0.3) is 0 Å². The zero-order valence-corrected chi connectivity index (χ0v) is 15.7. The molecule has 0 unspecified atom stereocenters. The van der Waals surface area contributed by atoms with E-state index in [4.69, 9.17) is 9.72 Å². The normalized spacial score (nSPS) is 16.9. The van der Waals surface area contributed by atoms with Crippen molar-refractivity contribution in [2.24, 2.45) is 0 Å². The number of hydrogen-bond acceptors (Lipinski definition) is 3. The van der Waals surface area contributed by atoms with Crippen LogP contribution in [0.25, 0.3) is 11.0 Å². The third-order valence-corrected chi connectivity index (χ3v) is 4.98. The second-order valence-corrected chi connectivity index (χ2v) is 7.08. The summed E-state index contributed by atoms with van der Waals surface area (Å²) in [6, 6.07) is 15.7. The first-order valence-corrected chi connectivity index (χ1v) is 9.11. The number of nitrogens with zero attached hydrogens (tertiary/aromatic N) is 3. The lowest BCUT2D eigenvalue weighted by atomic mass is 10.1. The van der Waals surface area contributed by atoms with Crippen LogP contribution < -0.4 is 9.64 Å². The van der Waals surface area contributed by atoms with Crippen LogP contribution in [0, 0.1) is 0 Å². The Morgan fingerprint density at radius 1 is 1.22 bits per heavy atom. The minimum absolute atomic E-state index is 0.0363. The number of amides is 1. The quantitative estimate of drug-likeness (QED) is 0.642. The van der Waals surface area contributed by atoms with Crippen molar-refractivity contribution in [1.82, 2.24) is 9.55 Å². The standard InChI is InChI=1S/C22H23N3O2/c1-15(2)13-25-18-9-5-4-8-17(18)23-22(25)16-12-21(26)24(14-16)19-10-6-7-11-20(19)27-3/h4-11,16H,1,12-14H2,2-3H3/t16-/m1/s1. The summed E-state index contributed by atoms with van der Waals surface area (Å²) in [6.07, 6.45) is 0.442. The lowest BCUT2D eigenvalue weighted by molar-refractivity contribution is -0.117. The maximum atomic E-state index is 12.8. The highest BCUT2D eigenvalue weighted by Crippen LogP contribution is 2.37. The van der Waals surface area contributed by atoms with Crippen LogP contribution >= 0.6 is 0 Å². The molecule has 0 saturated carbocycles. The number of carbonyl (C=O) groups is 1. The van der Waals surface area contributed by atoms with E-state index in [1.165, 1.54) is 0 Å². The van der Waals surface area contributed by atoms with Crippen molar-refractivity contribution >= 4 is 22.6 Å². The van der Waals surface area contributed by atoms with Gasteiger partial charge < -0.3 is 14.2 Å². The molecule has 0 aliphatic carbocycles. The van der Waals surface area contributed by atoms with Crippen LogP contribution in [0.5, 0.6) is 5.75 Å². The van der Waals surface area contributed by atoms with Crippen LogP contribution in [0.15, 0.2) is 60.7 Å². The average molecular weight is 361 g/mol. The number of imidazole rings is 1. The van der Waals surface area contributed by atoms with Gasteiger partial charge in [0.2, 0.25) is 5.91 Å². The Hall–Kier alpha value is -3.08. The summed E-state index contributed by atoms with van der Waals surface area (Å²) < 4.78 is 7.64. The predicted molar refractivity (Wildman–Crippen MR) is 107 cm³/mol. The Kier molecular flexibility index (Phi) is 4.44. The van der Waals surface area contributed by atoms with Crippen molar-refractivity contribution in [3.63, 3.8) is 0 Å². The smallest absolute Gasteiger partial charge is 0.227 e. The van der Waals surface area contributed by atoms with E-state index in [0.29, 0.717) is 25.3 Å². The third-order valence-electron chi connectivity index (χ3n) is 4.98. The fourth-order valence-electron chi connectivity index (χ4n) is 3.81.